The zero-order valence-corrected chi connectivity index (χ0v) is 21.0. The molecule has 10 nitrogen and oxygen atoms in total. The van der Waals surface area contributed by atoms with Crippen LogP contribution in [0.3, 0.4) is 0 Å². The minimum Gasteiger partial charge on any atom is -0.377 e. The number of hydrogen-bond donors (Lipinski definition) is 2. The lowest BCUT2D eigenvalue weighted by molar-refractivity contribution is -0.141. The highest BCUT2D eigenvalue weighted by Gasteiger charge is 2.34. The second-order valence-electron chi connectivity index (χ2n) is 9.49. The van der Waals surface area contributed by atoms with E-state index in [1.54, 1.807) is 0 Å². The fourth-order valence-corrected chi connectivity index (χ4v) is 5.02. The third-order valence-electron chi connectivity index (χ3n) is 6.94. The summed E-state index contributed by atoms with van der Waals surface area (Å²) >= 11 is 0. The van der Waals surface area contributed by atoms with E-state index < -0.39 is 0 Å². The molecule has 0 bridgehead atoms. The van der Waals surface area contributed by atoms with Crippen LogP contribution in [-0.2, 0) is 27.2 Å². The second kappa shape index (κ2) is 10.8. The summed E-state index contributed by atoms with van der Waals surface area (Å²) in [5.74, 6) is 1.60. The number of carbonyl (C=O) groups is 2. The quantitative estimate of drug-likeness (QED) is 0.658. The predicted molar refractivity (Wildman–Crippen MR) is 136 cm³/mol. The number of fused-ring (bicyclic) bond motifs is 1. The molecule has 5 rings (SSSR count). The SMILES string of the molecule is CCNC(=O)Nc1ccc(-c2nc3c(c(N4CCOC[C@@H]4C)n2)CCN(C(=O)C2CCCO2)C3)cc1. The van der Waals surface area contributed by atoms with Gasteiger partial charge in [-0.3, -0.25) is 4.79 Å². The molecule has 4 heterocycles. The first-order valence-electron chi connectivity index (χ1n) is 12.8. The van der Waals surface area contributed by atoms with E-state index in [1.807, 2.05) is 36.1 Å². The Kier molecular flexibility index (Phi) is 7.33. The van der Waals surface area contributed by atoms with E-state index in [0.717, 1.165) is 42.0 Å². The number of benzene rings is 1. The Morgan fingerprint density at radius 1 is 1.14 bits per heavy atom. The molecular weight excluding hydrogens is 460 g/mol. The van der Waals surface area contributed by atoms with Crippen molar-refractivity contribution in [1.29, 1.82) is 0 Å². The van der Waals surface area contributed by atoms with Gasteiger partial charge in [0, 0.05) is 43.1 Å². The van der Waals surface area contributed by atoms with E-state index in [4.69, 9.17) is 19.4 Å². The fraction of sp³-hybridized carbons (Fsp3) is 0.538. The van der Waals surface area contributed by atoms with E-state index in [-0.39, 0.29) is 24.1 Å². The minimum absolute atomic E-state index is 0.0559. The van der Waals surface area contributed by atoms with Gasteiger partial charge < -0.3 is 29.9 Å². The van der Waals surface area contributed by atoms with Crippen LogP contribution >= 0.6 is 0 Å². The Morgan fingerprint density at radius 2 is 1.97 bits per heavy atom. The predicted octanol–water partition coefficient (Wildman–Crippen LogP) is 2.57. The maximum Gasteiger partial charge on any atom is 0.319 e. The van der Waals surface area contributed by atoms with Gasteiger partial charge >= 0.3 is 6.03 Å². The van der Waals surface area contributed by atoms with Gasteiger partial charge in [-0.05, 0) is 57.4 Å². The van der Waals surface area contributed by atoms with Crippen molar-refractivity contribution in [2.24, 2.45) is 0 Å². The number of nitrogens with one attached hydrogen (secondary N) is 2. The molecule has 1 aromatic heterocycles. The Balaban J connectivity index is 1.46. The standard InChI is InChI=1S/C26H34N6O4/c1-3-27-26(34)28-19-8-6-18(7-9-19)23-29-21-15-31(25(33)22-5-4-13-36-22)11-10-20(21)24(30-23)32-12-14-35-16-17(32)2/h6-9,17,22H,3-5,10-16H2,1-2H3,(H2,27,28,34)/t17-,22?/m0/s1. The molecule has 2 saturated heterocycles. The van der Waals surface area contributed by atoms with Crippen molar-refractivity contribution < 1.29 is 19.1 Å². The smallest absolute Gasteiger partial charge is 0.319 e. The number of hydrogen-bond acceptors (Lipinski definition) is 7. The van der Waals surface area contributed by atoms with Gasteiger partial charge in [0.25, 0.3) is 5.91 Å². The molecule has 0 saturated carbocycles. The highest BCUT2D eigenvalue weighted by Crippen LogP contribution is 2.32. The molecule has 2 N–H and O–H groups in total. The Hall–Kier alpha value is -3.24. The van der Waals surface area contributed by atoms with Crippen molar-refractivity contribution in [2.45, 2.75) is 51.8 Å². The monoisotopic (exact) mass is 494 g/mol. The van der Waals surface area contributed by atoms with Crippen LogP contribution in [0.15, 0.2) is 24.3 Å². The zero-order chi connectivity index (χ0) is 25.1. The average molecular weight is 495 g/mol. The van der Waals surface area contributed by atoms with Crippen LogP contribution in [0.5, 0.6) is 0 Å². The molecule has 2 atom stereocenters. The van der Waals surface area contributed by atoms with E-state index in [1.165, 1.54) is 0 Å². The molecule has 1 aromatic carbocycles. The maximum atomic E-state index is 13.1. The van der Waals surface area contributed by atoms with Crippen molar-refractivity contribution in [3.63, 3.8) is 0 Å². The number of carbonyl (C=O) groups excluding carboxylic acids is 2. The number of aromatic nitrogens is 2. The number of nitrogens with zero attached hydrogens (tertiary/aromatic N) is 4. The van der Waals surface area contributed by atoms with Crippen LogP contribution in [0.4, 0.5) is 16.3 Å². The van der Waals surface area contributed by atoms with Crippen LogP contribution in [0.2, 0.25) is 0 Å². The van der Waals surface area contributed by atoms with Crippen LogP contribution in [0, 0.1) is 0 Å². The number of rotatable bonds is 5. The van der Waals surface area contributed by atoms with Gasteiger partial charge in [0.05, 0.1) is 31.5 Å². The van der Waals surface area contributed by atoms with Gasteiger partial charge in [-0.25, -0.2) is 14.8 Å². The van der Waals surface area contributed by atoms with E-state index in [0.29, 0.717) is 57.4 Å². The van der Waals surface area contributed by atoms with Crippen molar-refractivity contribution in [1.82, 2.24) is 20.2 Å². The van der Waals surface area contributed by atoms with E-state index in [9.17, 15) is 9.59 Å². The average Bonchev–Trinajstić information content (AvgIpc) is 3.43. The molecule has 0 spiro atoms. The largest absolute Gasteiger partial charge is 0.377 e. The lowest BCUT2D eigenvalue weighted by atomic mass is 10.0. The number of amides is 3. The normalized spacial score (nSPS) is 21.7. The van der Waals surface area contributed by atoms with Crippen molar-refractivity contribution in [3.05, 3.63) is 35.5 Å². The van der Waals surface area contributed by atoms with Gasteiger partial charge in [0.1, 0.15) is 11.9 Å². The lowest BCUT2D eigenvalue weighted by Gasteiger charge is -2.38. The molecule has 0 aliphatic carbocycles. The highest BCUT2D eigenvalue weighted by atomic mass is 16.5. The highest BCUT2D eigenvalue weighted by molar-refractivity contribution is 5.89. The van der Waals surface area contributed by atoms with Crippen LogP contribution in [0.25, 0.3) is 11.4 Å². The molecule has 0 radical (unpaired) electrons. The Labute approximate surface area is 211 Å². The molecule has 3 aliphatic rings. The van der Waals surface area contributed by atoms with Gasteiger partial charge in [-0.2, -0.15) is 0 Å². The topological polar surface area (TPSA) is 109 Å². The molecule has 36 heavy (non-hydrogen) atoms. The zero-order valence-electron chi connectivity index (χ0n) is 21.0. The minimum atomic E-state index is -0.337. The summed E-state index contributed by atoms with van der Waals surface area (Å²) < 4.78 is 11.3. The second-order valence-corrected chi connectivity index (χ2v) is 9.49. The first-order valence-corrected chi connectivity index (χ1v) is 12.8. The van der Waals surface area contributed by atoms with Crippen LogP contribution < -0.4 is 15.5 Å². The van der Waals surface area contributed by atoms with Crippen LogP contribution in [-0.4, -0.2) is 78.4 Å². The Morgan fingerprint density at radius 3 is 2.69 bits per heavy atom. The summed E-state index contributed by atoms with van der Waals surface area (Å²) in [7, 11) is 0. The molecular formula is C26H34N6O4. The summed E-state index contributed by atoms with van der Waals surface area (Å²) in [6.45, 7) is 8.38. The lowest BCUT2D eigenvalue weighted by Crippen LogP contribution is -2.46. The molecule has 3 aliphatic heterocycles. The summed E-state index contributed by atoms with van der Waals surface area (Å²) in [6.07, 6.45) is 2.08. The fourth-order valence-electron chi connectivity index (χ4n) is 5.02. The third-order valence-corrected chi connectivity index (χ3v) is 6.94. The first kappa shape index (κ1) is 24.5. The summed E-state index contributed by atoms with van der Waals surface area (Å²) in [5.41, 5.74) is 3.54. The van der Waals surface area contributed by atoms with Crippen LogP contribution in [0.1, 0.15) is 37.9 Å². The maximum absolute atomic E-state index is 13.1. The third kappa shape index (κ3) is 5.15. The summed E-state index contributed by atoms with van der Waals surface area (Å²) in [6, 6.07) is 7.47. The number of ether oxygens (including phenoxy) is 2. The molecule has 3 amide bonds. The number of morpholine rings is 1. The van der Waals surface area contributed by atoms with Crippen molar-refractivity contribution in [2.75, 3.05) is 49.7 Å². The molecule has 2 aromatic rings. The van der Waals surface area contributed by atoms with E-state index in [2.05, 4.69) is 22.5 Å². The van der Waals surface area contributed by atoms with Gasteiger partial charge in [0.15, 0.2) is 5.82 Å². The van der Waals surface area contributed by atoms with Crippen molar-refractivity contribution in [3.8, 4) is 11.4 Å². The number of urea groups is 1. The molecule has 192 valence electrons. The van der Waals surface area contributed by atoms with Gasteiger partial charge in [0.2, 0.25) is 0 Å². The molecule has 1 unspecified atom stereocenters. The molecule has 10 heteroatoms. The number of anilines is 2. The molecule has 2 fully saturated rings. The Bertz CT molecular complexity index is 1100. The van der Waals surface area contributed by atoms with Gasteiger partial charge in [-0.1, -0.05) is 0 Å². The van der Waals surface area contributed by atoms with Crippen molar-refractivity contribution >= 4 is 23.4 Å². The first-order chi connectivity index (χ1) is 17.5. The van der Waals surface area contributed by atoms with E-state index >= 15 is 0 Å². The summed E-state index contributed by atoms with van der Waals surface area (Å²) in [5, 5.41) is 5.54. The van der Waals surface area contributed by atoms with Gasteiger partial charge in [-0.15, -0.1) is 0 Å². The summed E-state index contributed by atoms with van der Waals surface area (Å²) in [4.78, 5) is 39.1.